The van der Waals surface area contributed by atoms with Crippen LogP contribution in [0, 0.1) is 0 Å². The molecule has 0 amide bonds. The third-order valence-electron chi connectivity index (χ3n) is 6.57. The predicted octanol–water partition coefficient (Wildman–Crippen LogP) is 7.38. The highest BCUT2D eigenvalue weighted by atomic mass is 28.3. The van der Waals surface area contributed by atoms with Crippen molar-refractivity contribution >= 4 is 13.6 Å². The van der Waals surface area contributed by atoms with E-state index in [1.165, 1.54) is 27.8 Å². The highest BCUT2D eigenvalue weighted by Crippen LogP contribution is 2.54. The van der Waals surface area contributed by atoms with Crippen LogP contribution in [0.5, 0.6) is 0 Å². The molecule has 2 aliphatic rings. The minimum atomic E-state index is -1.82. The zero-order valence-electron chi connectivity index (χ0n) is 17.0. The molecule has 0 N–H and O–H groups in total. The molecule has 0 heterocycles. The molecule has 0 spiro atoms. The van der Waals surface area contributed by atoms with E-state index in [1.807, 2.05) is 0 Å². The molecule has 0 fully saturated rings. The maximum Gasteiger partial charge on any atom is 0.0881 e. The minimum Gasteiger partial charge on any atom is -0.0800 e. The Morgan fingerprint density at radius 3 is 1.93 bits per heavy atom. The van der Waals surface area contributed by atoms with Crippen LogP contribution in [-0.2, 0) is 0 Å². The Kier molecular flexibility index (Phi) is 4.48. The van der Waals surface area contributed by atoms with Gasteiger partial charge in [0.15, 0.2) is 0 Å². The van der Waals surface area contributed by atoms with Crippen molar-refractivity contribution in [1.29, 1.82) is 0 Å². The smallest absolute Gasteiger partial charge is 0.0800 e. The van der Waals surface area contributed by atoms with E-state index in [1.54, 1.807) is 5.20 Å². The fourth-order valence-electron chi connectivity index (χ4n) is 5.12. The van der Waals surface area contributed by atoms with Gasteiger partial charge in [0.25, 0.3) is 0 Å². The highest BCUT2D eigenvalue weighted by molar-refractivity contribution is 6.88. The second kappa shape index (κ2) is 7.17. The third-order valence-corrected chi connectivity index (χ3v) is 10.5. The van der Waals surface area contributed by atoms with Crippen LogP contribution in [0.4, 0.5) is 0 Å². The molecule has 5 rings (SSSR count). The SMILES string of the molecule is C[Si](C)(C1=C(c2ccccc2)c2ccccc2C1c1ccccc1)C1C=CC=C1. The molecule has 142 valence electrons. The predicted molar refractivity (Wildman–Crippen MR) is 127 cm³/mol. The summed E-state index contributed by atoms with van der Waals surface area (Å²) in [6, 6.07) is 31.2. The third kappa shape index (κ3) is 2.97. The van der Waals surface area contributed by atoms with E-state index in [0.29, 0.717) is 11.5 Å². The van der Waals surface area contributed by atoms with Gasteiger partial charge in [-0.05, 0) is 33.4 Å². The van der Waals surface area contributed by atoms with Crippen LogP contribution >= 0.6 is 0 Å². The zero-order valence-corrected chi connectivity index (χ0v) is 18.0. The minimum absolute atomic E-state index is 0.340. The zero-order chi connectivity index (χ0) is 19.8. The number of hydrogen-bond acceptors (Lipinski definition) is 0. The van der Waals surface area contributed by atoms with Crippen LogP contribution in [0.2, 0.25) is 18.6 Å². The monoisotopic (exact) mass is 390 g/mol. The van der Waals surface area contributed by atoms with Crippen molar-refractivity contribution < 1.29 is 0 Å². The van der Waals surface area contributed by atoms with Crippen molar-refractivity contribution in [3.8, 4) is 0 Å². The lowest BCUT2D eigenvalue weighted by Gasteiger charge is -2.35. The fraction of sp³-hybridized carbons (Fsp3) is 0.143. The Morgan fingerprint density at radius 1 is 0.655 bits per heavy atom. The Morgan fingerprint density at radius 2 is 1.24 bits per heavy atom. The lowest BCUT2D eigenvalue weighted by atomic mass is 9.93. The van der Waals surface area contributed by atoms with E-state index < -0.39 is 8.07 Å². The second-order valence-corrected chi connectivity index (χ2v) is 13.3. The summed E-state index contributed by atoms with van der Waals surface area (Å²) in [6.07, 6.45) is 9.27. The first-order valence-electron chi connectivity index (χ1n) is 10.5. The Labute approximate surface area is 174 Å². The Hall–Kier alpha value is -2.90. The molecule has 29 heavy (non-hydrogen) atoms. The highest BCUT2D eigenvalue weighted by Gasteiger charge is 2.44. The van der Waals surface area contributed by atoms with Crippen LogP contribution in [0.15, 0.2) is 114 Å². The van der Waals surface area contributed by atoms with Gasteiger partial charge in [0.1, 0.15) is 0 Å². The van der Waals surface area contributed by atoms with Crippen molar-refractivity contribution in [1.82, 2.24) is 0 Å². The Bertz CT molecular complexity index is 1110. The van der Waals surface area contributed by atoms with Gasteiger partial charge in [-0.2, -0.15) is 0 Å². The average molecular weight is 391 g/mol. The molecule has 0 bridgehead atoms. The van der Waals surface area contributed by atoms with E-state index >= 15 is 0 Å². The van der Waals surface area contributed by atoms with E-state index in [9.17, 15) is 0 Å². The van der Waals surface area contributed by atoms with E-state index in [2.05, 4.69) is 122 Å². The van der Waals surface area contributed by atoms with Crippen LogP contribution < -0.4 is 0 Å². The maximum absolute atomic E-state index is 2.55. The van der Waals surface area contributed by atoms with Gasteiger partial charge >= 0.3 is 0 Å². The maximum atomic E-state index is 2.55. The molecule has 3 aromatic carbocycles. The molecule has 3 aromatic rings. The lowest BCUT2D eigenvalue weighted by molar-refractivity contribution is 1.01. The van der Waals surface area contributed by atoms with Gasteiger partial charge in [0.2, 0.25) is 0 Å². The molecule has 0 aliphatic heterocycles. The summed E-state index contributed by atoms with van der Waals surface area (Å²) in [5.41, 5.74) is 7.64. The molecule has 0 aromatic heterocycles. The van der Waals surface area contributed by atoms with Gasteiger partial charge in [-0.15, -0.1) is 0 Å². The number of fused-ring (bicyclic) bond motifs is 1. The fourth-order valence-corrected chi connectivity index (χ4v) is 8.65. The number of allylic oxidation sites excluding steroid dienone is 5. The molecular formula is C28H26Si. The molecule has 1 heteroatoms. The van der Waals surface area contributed by atoms with Gasteiger partial charge in [-0.3, -0.25) is 0 Å². The van der Waals surface area contributed by atoms with Crippen LogP contribution in [0.25, 0.3) is 5.57 Å². The first kappa shape index (κ1) is 18.1. The number of benzene rings is 3. The first-order valence-corrected chi connectivity index (χ1v) is 13.5. The van der Waals surface area contributed by atoms with Crippen molar-refractivity contribution in [3.63, 3.8) is 0 Å². The van der Waals surface area contributed by atoms with Crippen LogP contribution in [0.3, 0.4) is 0 Å². The normalized spacial score (nSPS) is 18.5. The Balaban J connectivity index is 1.83. The van der Waals surface area contributed by atoms with E-state index in [0.717, 1.165) is 0 Å². The van der Waals surface area contributed by atoms with Gasteiger partial charge in [0.05, 0.1) is 8.07 Å². The van der Waals surface area contributed by atoms with E-state index in [-0.39, 0.29) is 0 Å². The molecular weight excluding hydrogens is 364 g/mol. The summed E-state index contributed by atoms with van der Waals surface area (Å²) in [7, 11) is -1.82. The molecule has 0 saturated carbocycles. The summed E-state index contributed by atoms with van der Waals surface area (Å²) in [5, 5.41) is 1.66. The molecule has 2 aliphatic carbocycles. The number of hydrogen-bond donors (Lipinski definition) is 0. The average Bonchev–Trinajstić information content (AvgIpc) is 3.42. The topological polar surface area (TPSA) is 0 Å². The molecule has 1 atom stereocenters. The van der Waals surface area contributed by atoms with Crippen molar-refractivity contribution in [3.05, 3.63) is 137 Å². The standard InChI is InChI=1S/C28H26Si/c1-29(2,23-17-9-10-18-23)28-26(21-13-5-3-6-14-21)24-19-11-12-20-25(24)27(28)22-15-7-4-8-16-22/h3-20,23,26H,1-2H3. The number of rotatable bonds is 4. The van der Waals surface area contributed by atoms with Crippen molar-refractivity contribution in [2.24, 2.45) is 0 Å². The molecule has 1 unspecified atom stereocenters. The van der Waals surface area contributed by atoms with Crippen molar-refractivity contribution in [2.45, 2.75) is 24.6 Å². The van der Waals surface area contributed by atoms with Gasteiger partial charge in [-0.25, -0.2) is 0 Å². The summed E-state index contributed by atoms with van der Waals surface area (Å²) >= 11 is 0. The largest absolute Gasteiger partial charge is 0.0881 e. The van der Waals surface area contributed by atoms with E-state index in [4.69, 9.17) is 0 Å². The van der Waals surface area contributed by atoms with Crippen LogP contribution in [-0.4, -0.2) is 8.07 Å². The van der Waals surface area contributed by atoms with Gasteiger partial charge in [0, 0.05) is 5.92 Å². The lowest BCUT2D eigenvalue weighted by Crippen LogP contribution is -2.36. The summed E-state index contributed by atoms with van der Waals surface area (Å²) in [4.78, 5) is 0. The summed E-state index contributed by atoms with van der Waals surface area (Å²) < 4.78 is 0. The first-order chi connectivity index (χ1) is 14.2. The molecule has 0 saturated heterocycles. The summed E-state index contributed by atoms with van der Waals surface area (Å²) in [5.74, 6) is 0.340. The molecule has 0 nitrogen and oxygen atoms in total. The quantitative estimate of drug-likeness (QED) is 0.408. The van der Waals surface area contributed by atoms with Crippen LogP contribution in [0.1, 0.15) is 28.2 Å². The molecule has 0 radical (unpaired) electrons. The van der Waals surface area contributed by atoms with Crippen molar-refractivity contribution in [2.75, 3.05) is 0 Å². The second-order valence-electron chi connectivity index (χ2n) is 8.60. The van der Waals surface area contributed by atoms with Gasteiger partial charge in [-0.1, -0.05) is 128 Å². The van der Waals surface area contributed by atoms with Gasteiger partial charge < -0.3 is 0 Å². The summed E-state index contributed by atoms with van der Waals surface area (Å²) in [6.45, 7) is 5.11.